The van der Waals surface area contributed by atoms with E-state index < -0.39 is 0 Å². The first-order chi connectivity index (χ1) is 8.22. The zero-order valence-electron chi connectivity index (χ0n) is 10.4. The fourth-order valence-electron chi connectivity index (χ4n) is 1.28. The molecule has 1 heterocycles. The topological polar surface area (TPSA) is 64.1 Å². The molecule has 0 unspecified atom stereocenters. The quantitative estimate of drug-likeness (QED) is 0.570. The molecule has 0 aromatic carbocycles. The lowest BCUT2D eigenvalue weighted by molar-refractivity contribution is -0.142. The molecule has 1 rings (SSSR count). The summed E-state index contributed by atoms with van der Waals surface area (Å²) >= 11 is 0. The molecule has 0 fully saturated rings. The van der Waals surface area contributed by atoms with E-state index in [1.54, 1.807) is 6.20 Å². The first-order valence-electron chi connectivity index (χ1n) is 5.87. The summed E-state index contributed by atoms with van der Waals surface area (Å²) in [6, 6.07) is 1.82. The minimum absolute atomic E-state index is 0.215. The summed E-state index contributed by atoms with van der Waals surface area (Å²) in [7, 11) is 0. The third-order valence-corrected chi connectivity index (χ3v) is 2.17. The first kappa shape index (κ1) is 13.6. The Balaban J connectivity index is 2.17. The van der Waals surface area contributed by atoms with Crippen LogP contribution in [-0.4, -0.2) is 29.1 Å². The highest BCUT2D eigenvalue weighted by Crippen LogP contribution is 1.94. The van der Waals surface area contributed by atoms with Crippen LogP contribution in [0.1, 0.15) is 31.3 Å². The molecular formula is C12H19N3O2. The van der Waals surface area contributed by atoms with E-state index in [1.165, 1.54) is 0 Å². The van der Waals surface area contributed by atoms with E-state index in [0.29, 0.717) is 13.2 Å². The number of unbranched alkanes of at least 4 members (excludes halogenated alkanes) is 1. The molecule has 0 bridgehead atoms. The maximum absolute atomic E-state index is 11.3. The molecule has 5 nitrogen and oxygen atoms in total. The summed E-state index contributed by atoms with van der Waals surface area (Å²) in [5, 5.41) is 2.99. The maximum Gasteiger partial charge on any atom is 0.319 e. The highest BCUT2D eigenvalue weighted by molar-refractivity contribution is 5.71. The van der Waals surface area contributed by atoms with Crippen molar-refractivity contribution in [3.63, 3.8) is 0 Å². The molecule has 0 atom stereocenters. The molecule has 0 aliphatic heterocycles. The predicted molar refractivity (Wildman–Crippen MR) is 64.3 cm³/mol. The van der Waals surface area contributed by atoms with E-state index in [4.69, 9.17) is 4.74 Å². The van der Waals surface area contributed by atoms with Gasteiger partial charge < -0.3 is 10.1 Å². The standard InChI is InChI=1S/C12H19N3O2/c1-3-4-7-17-12(16)9-13-8-11-5-6-14-10(2)15-11/h5-6,13H,3-4,7-9H2,1-2H3. The van der Waals surface area contributed by atoms with Gasteiger partial charge in [-0.3, -0.25) is 4.79 Å². The van der Waals surface area contributed by atoms with Gasteiger partial charge in [0.05, 0.1) is 18.8 Å². The van der Waals surface area contributed by atoms with Crippen molar-refractivity contribution in [1.29, 1.82) is 0 Å². The smallest absolute Gasteiger partial charge is 0.319 e. The molecule has 0 aliphatic rings. The molecule has 17 heavy (non-hydrogen) atoms. The summed E-state index contributed by atoms with van der Waals surface area (Å²) in [5.74, 6) is 0.513. The Morgan fingerprint density at radius 1 is 1.53 bits per heavy atom. The SMILES string of the molecule is CCCCOC(=O)CNCc1ccnc(C)n1. The van der Waals surface area contributed by atoms with Crippen molar-refractivity contribution in [2.45, 2.75) is 33.2 Å². The lowest BCUT2D eigenvalue weighted by Gasteiger charge is -2.05. The molecule has 0 aliphatic carbocycles. The summed E-state index contributed by atoms with van der Waals surface area (Å²) in [4.78, 5) is 19.5. The lowest BCUT2D eigenvalue weighted by atomic mass is 10.4. The number of nitrogens with zero attached hydrogens (tertiary/aromatic N) is 2. The largest absolute Gasteiger partial charge is 0.465 e. The second-order valence-electron chi connectivity index (χ2n) is 3.77. The summed E-state index contributed by atoms with van der Waals surface area (Å²) in [5.41, 5.74) is 0.874. The second kappa shape index (κ2) is 7.73. The number of hydrogen-bond acceptors (Lipinski definition) is 5. The fraction of sp³-hybridized carbons (Fsp3) is 0.583. The monoisotopic (exact) mass is 237 g/mol. The van der Waals surface area contributed by atoms with Crippen LogP contribution in [0.5, 0.6) is 0 Å². The van der Waals surface area contributed by atoms with E-state index >= 15 is 0 Å². The van der Waals surface area contributed by atoms with Crippen LogP contribution in [0.2, 0.25) is 0 Å². The van der Waals surface area contributed by atoms with Gasteiger partial charge in [-0.05, 0) is 19.4 Å². The molecule has 0 spiro atoms. The lowest BCUT2D eigenvalue weighted by Crippen LogP contribution is -2.25. The Morgan fingerprint density at radius 2 is 2.35 bits per heavy atom. The molecule has 0 saturated heterocycles. The Hall–Kier alpha value is -1.49. The zero-order chi connectivity index (χ0) is 12.5. The number of aryl methyl sites for hydroxylation is 1. The van der Waals surface area contributed by atoms with E-state index in [1.807, 2.05) is 13.0 Å². The van der Waals surface area contributed by atoms with Crippen molar-refractivity contribution in [3.8, 4) is 0 Å². The Kier molecular flexibility index (Phi) is 6.17. The molecule has 0 amide bonds. The minimum Gasteiger partial charge on any atom is -0.465 e. The van der Waals surface area contributed by atoms with Crippen LogP contribution in [0.25, 0.3) is 0 Å². The molecule has 94 valence electrons. The Bertz CT molecular complexity index is 355. The Labute approximate surface area is 102 Å². The van der Waals surface area contributed by atoms with Crippen molar-refractivity contribution in [2.24, 2.45) is 0 Å². The van der Waals surface area contributed by atoms with Gasteiger partial charge in [0.2, 0.25) is 0 Å². The number of rotatable bonds is 7. The van der Waals surface area contributed by atoms with Gasteiger partial charge in [-0.15, -0.1) is 0 Å². The second-order valence-corrected chi connectivity index (χ2v) is 3.77. The van der Waals surface area contributed by atoms with Gasteiger partial charge in [0, 0.05) is 12.7 Å². The van der Waals surface area contributed by atoms with Crippen molar-refractivity contribution in [3.05, 3.63) is 23.8 Å². The van der Waals surface area contributed by atoms with Crippen molar-refractivity contribution >= 4 is 5.97 Å². The molecular weight excluding hydrogens is 218 g/mol. The molecule has 5 heteroatoms. The highest BCUT2D eigenvalue weighted by atomic mass is 16.5. The predicted octanol–water partition coefficient (Wildman–Crippen LogP) is 1.22. The van der Waals surface area contributed by atoms with Gasteiger partial charge in [-0.2, -0.15) is 0 Å². The van der Waals surface area contributed by atoms with Crippen molar-refractivity contribution in [2.75, 3.05) is 13.2 Å². The van der Waals surface area contributed by atoms with Gasteiger partial charge in [-0.25, -0.2) is 9.97 Å². The number of ether oxygens (including phenoxy) is 1. The van der Waals surface area contributed by atoms with Crippen LogP contribution in [0.3, 0.4) is 0 Å². The number of carbonyl (C=O) groups is 1. The van der Waals surface area contributed by atoms with Crippen LogP contribution >= 0.6 is 0 Å². The molecule has 1 aromatic heterocycles. The summed E-state index contributed by atoms with van der Waals surface area (Å²) in [6.45, 7) is 5.16. The van der Waals surface area contributed by atoms with Crippen LogP contribution in [0, 0.1) is 6.92 Å². The van der Waals surface area contributed by atoms with Crippen LogP contribution in [0.15, 0.2) is 12.3 Å². The van der Waals surface area contributed by atoms with Gasteiger partial charge in [0.1, 0.15) is 5.82 Å². The van der Waals surface area contributed by atoms with E-state index in [9.17, 15) is 4.79 Å². The average molecular weight is 237 g/mol. The van der Waals surface area contributed by atoms with Crippen LogP contribution in [-0.2, 0) is 16.1 Å². The van der Waals surface area contributed by atoms with Gasteiger partial charge in [0.25, 0.3) is 0 Å². The van der Waals surface area contributed by atoms with Gasteiger partial charge in [0.15, 0.2) is 0 Å². The fourth-order valence-corrected chi connectivity index (χ4v) is 1.28. The highest BCUT2D eigenvalue weighted by Gasteiger charge is 2.02. The molecule has 0 radical (unpaired) electrons. The van der Waals surface area contributed by atoms with Crippen molar-refractivity contribution < 1.29 is 9.53 Å². The number of carbonyl (C=O) groups excluding carboxylic acids is 1. The van der Waals surface area contributed by atoms with E-state index in [2.05, 4.69) is 22.2 Å². The maximum atomic E-state index is 11.3. The van der Waals surface area contributed by atoms with E-state index in [-0.39, 0.29) is 12.5 Å². The number of nitrogens with one attached hydrogen (secondary N) is 1. The molecule has 1 aromatic rings. The average Bonchev–Trinajstić information content (AvgIpc) is 2.29. The Morgan fingerprint density at radius 3 is 3.06 bits per heavy atom. The first-order valence-corrected chi connectivity index (χ1v) is 5.87. The third-order valence-electron chi connectivity index (χ3n) is 2.17. The number of esters is 1. The van der Waals surface area contributed by atoms with Crippen LogP contribution < -0.4 is 5.32 Å². The van der Waals surface area contributed by atoms with Gasteiger partial charge in [-0.1, -0.05) is 13.3 Å². The third kappa shape index (κ3) is 5.97. The molecule has 0 saturated carbocycles. The van der Waals surface area contributed by atoms with Gasteiger partial charge >= 0.3 is 5.97 Å². The minimum atomic E-state index is -0.218. The molecule has 1 N–H and O–H groups in total. The number of hydrogen-bond donors (Lipinski definition) is 1. The van der Waals surface area contributed by atoms with Crippen LogP contribution in [0.4, 0.5) is 0 Å². The van der Waals surface area contributed by atoms with Crippen molar-refractivity contribution in [1.82, 2.24) is 15.3 Å². The van der Waals surface area contributed by atoms with E-state index in [0.717, 1.165) is 24.4 Å². The normalized spacial score (nSPS) is 10.2. The number of aromatic nitrogens is 2. The zero-order valence-corrected chi connectivity index (χ0v) is 10.4. The summed E-state index contributed by atoms with van der Waals surface area (Å²) in [6.07, 6.45) is 3.65. The summed E-state index contributed by atoms with van der Waals surface area (Å²) < 4.78 is 5.01.